The Labute approximate surface area is 97.4 Å². The van der Waals surface area contributed by atoms with Crippen molar-refractivity contribution in [2.24, 2.45) is 0 Å². The molecule has 3 nitrogen and oxygen atoms in total. The molecule has 2 rings (SSSR count). The third-order valence-electron chi connectivity index (χ3n) is 2.48. The lowest BCUT2D eigenvalue weighted by Crippen LogP contribution is -2.47. The molecule has 1 aliphatic rings. The Morgan fingerprint density at radius 3 is 2.50 bits per heavy atom. The smallest absolute Gasteiger partial charge is 0.313 e. The van der Waals surface area contributed by atoms with Gasteiger partial charge in [0.2, 0.25) is 0 Å². The summed E-state index contributed by atoms with van der Waals surface area (Å²) in [6, 6.07) is 0.622. The topological polar surface area (TPSA) is 34.0 Å². The lowest BCUT2D eigenvalue weighted by molar-refractivity contribution is -0.138. The van der Waals surface area contributed by atoms with Gasteiger partial charge in [-0.3, -0.25) is 4.79 Å². The molecule has 0 spiro atoms. The second kappa shape index (κ2) is 3.89. The van der Waals surface area contributed by atoms with Gasteiger partial charge in [-0.15, -0.1) is 0 Å². The van der Waals surface area contributed by atoms with E-state index in [1.54, 1.807) is 0 Å². The molecule has 0 bridgehead atoms. The van der Waals surface area contributed by atoms with E-state index in [1.807, 2.05) is 0 Å². The van der Waals surface area contributed by atoms with Crippen molar-refractivity contribution in [2.45, 2.75) is 12.2 Å². The number of nitrogens with zero attached hydrogens (tertiary/aromatic N) is 1. The fraction of sp³-hybridized carbons (Fsp3) is 0.444. The molecule has 1 aromatic rings. The van der Waals surface area contributed by atoms with E-state index in [4.69, 9.17) is 0 Å². The van der Waals surface area contributed by atoms with Crippen molar-refractivity contribution in [3.05, 3.63) is 32.7 Å². The van der Waals surface area contributed by atoms with Crippen molar-refractivity contribution in [1.82, 2.24) is 9.88 Å². The Bertz CT molecular complexity index is 465. The average Bonchev–Trinajstić information content (AvgIpc) is 2.07. The van der Waals surface area contributed by atoms with Crippen molar-refractivity contribution >= 4 is 15.9 Å². The lowest BCUT2D eigenvalue weighted by atomic mass is 10.1. The summed E-state index contributed by atoms with van der Waals surface area (Å²) in [5.74, 6) is 0. The zero-order valence-corrected chi connectivity index (χ0v) is 9.60. The van der Waals surface area contributed by atoms with E-state index in [9.17, 15) is 18.0 Å². The first kappa shape index (κ1) is 11.7. The Balaban J connectivity index is 2.51. The van der Waals surface area contributed by atoms with E-state index in [2.05, 4.69) is 21.2 Å². The van der Waals surface area contributed by atoms with Gasteiger partial charge in [-0.2, -0.15) is 13.2 Å². The number of pyridine rings is 1. The van der Waals surface area contributed by atoms with Crippen molar-refractivity contribution in [3.8, 4) is 0 Å². The van der Waals surface area contributed by atoms with Crippen LogP contribution in [-0.2, 0) is 6.18 Å². The van der Waals surface area contributed by atoms with E-state index in [0.29, 0.717) is 13.1 Å². The highest BCUT2D eigenvalue weighted by molar-refractivity contribution is 9.10. The van der Waals surface area contributed by atoms with Gasteiger partial charge in [0.25, 0.3) is 5.56 Å². The molecule has 1 aliphatic heterocycles. The third-order valence-corrected chi connectivity index (χ3v) is 3.05. The minimum atomic E-state index is -4.44. The fourth-order valence-electron chi connectivity index (χ4n) is 1.46. The van der Waals surface area contributed by atoms with Gasteiger partial charge in [0.05, 0.1) is 16.1 Å². The summed E-state index contributed by atoms with van der Waals surface area (Å²) < 4.78 is 38.6. The van der Waals surface area contributed by atoms with Gasteiger partial charge < -0.3 is 9.88 Å². The summed E-state index contributed by atoms with van der Waals surface area (Å²) in [7, 11) is 0. The number of hydrogen-bond donors (Lipinski definition) is 1. The molecule has 16 heavy (non-hydrogen) atoms. The molecule has 88 valence electrons. The summed E-state index contributed by atoms with van der Waals surface area (Å²) in [5.41, 5.74) is -1.25. The lowest BCUT2D eigenvalue weighted by Gasteiger charge is -2.29. The summed E-state index contributed by atoms with van der Waals surface area (Å²) in [4.78, 5) is 11.6. The Morgan fingerprint density at radius 2 is 2.06 bits per heavy atom. The largest absolute Gasteiger partial charge is 0.417 e. The van der Waals surface area contributed by atoms with Crippen LogP contribution in [0.1, 0.15) is 11.6 Å². The van der Waals surface area contributed by atoms with Gasteiger partial charge in [-0.1, -0.05) is 0 Å². The van der Waals surface area contributed by atoms with Gasteiger partial charge in [0, 0.05) is 19.3 Å². The van der Waals surface area contributed by atoms with E-state index < -0.39 is 17.3 Å². The Morgan fingerprint density at radius 1 is 1.44 bits per heavy atom. The van der Waals surface area contributed by atoms with Crippen molar-refractivity contribution in [2.75, 3.05) is 13.1 Å². The van der Waals surface area contributed by atoms with Crippen LogP contribution < -0.4 is 10.9 Å². The van der Waals surface area contributed by atoms with Gasteiger partial charge in [0.15, 0.2) is 0 Å². The van der Waals surface area contributed by atoms with Crippen molar-refractivity contribution in [1.29, 1.82) is 0 Å². The maximum absolute atomic E-state index is 12.5. The Kier molecular flexibility index (Phi) is 2.83. The van der Waals surface area contributed by atoms with Crippen LogP contribution in [0.3, 0.4) is 0 Å². The highest BCUT2D eigenvalue weighted by Gasteiger charge is 2.33. The predicted molar refractivity (Wildman–Crippen MR) is 55.3 cm³/mol. The molecule has 7 heteroatoms. The normalized spacial score (nSPS) is 17.2. The first-order valence-corrected chi connectivity index (χ1v) is 5.38. The first-order valence-electron chi connectivity index (χ1n) is 4.59. The number of nitrogens with one attached hydrogen (secondary N) is 1. The first-order chi connectivity index (χ1) is 7.39. The monoisotopic (exact) mass is 296 g/mol. The van der Waals surface area contributed by atoms with Crippen LogP contribution >= 0.6 is 15.9 Å². The quantitative estimate of drug-likeness (QED) is 0.857. The molecule has 0 atom stereocenters. The molecule has 0 unspecified atom stereocenters. The molecule has 0 aliphatic carbocycles. The van der Waals surface area contributed by atoms with E-state index >= 15 is 0 Å². The summed E-state index contributed by atoms with van der Waals surface area (Å²) in [6.07, 6.45) is -3.56. The van der Waals surface area contributed by atoms with Gasteiger partial charge >= 0.3 is 6.18 Å². The molecule has 1 N–H and O–H groups in total. The SMILES string of the molecule is O=c1c(Br)cc(C(F)(F)F)cn1C1CNC1. The van der Waals surface area contributed by atoms with Crippen LogP contribution in [0.4, 0.5) is 13.2 Å². The van der Waals surface area contributed by atoms with Crippen LogP contribution in [-0.4, -0.2) is 17.7 Å². The second-order valence-corrected chi connectivity index (χ2v) is 4.45. The molecule has 1 aromatic heterocycles. The van der Waals surface area contributed by atoms with Crippen LogP contribution in [0.2, 0.25) is 0 Å². The second-order valence-electron chi connectivity index (χ2n) is 3.60. The van der Waals surface area contributed by atoms with Gasteiger partial charge in [-0.25, -0.2) is 0 Å². The highest BCUT2D eigenvalue weighted by atomic mass is 79.9. The Hall–Kier alpha value is -0.820. The maximum Gasteiger partial charge on any atom is 0.417 e. The molecule has 1 fully saturated rings. The fourth-order valence-corrected chi connectivity index (χ4v) is 1.92. The minimum absolute atomic E-state index is 0.0609. The zero-order chi connectivity index (χ0) is 11.9. The summed E-state index contributed by atoms with van der Waals surface area (Å²) in [6.45, 7) is 1.04. The molecule has 2 heterocycles. The molecular weight excluding hydrogens is 289 g/mol. The molecule has 0 amide bonds. The highest BCUT2D eigenvalue weighted by Crippen LogP contribution is 2.30. The van der Waals surface area contributed by atoms with Gasteiger partial charge in [-0.05, 0) is 22.0 Å². The number of halogens is 4. The standard InChI is InChI=1S/C9H8BrF3N2O/c10-7-1-5(9(11,12)13)4-15(8(7)16)6-2-14-3-6/h1,4,6,14H,2-3H2. The summed E-state index contributed by atoms with van der Waals surface area (Å²) in [5, 5.41) is 2.91. The third kappa shape index (κ3) is 2.01. The van der Waals surface area contributed by atoms with Crippen LogP contribution in [0.25, 0.3) is 0 Å². The maximum atomic E-state index is 12.5. The molecule has 0 radical (unpaired) electrons. The number of hydrogen-bond acceptors (Lipinski definition) is 2. The molecule has 1 saturated heterocycles. The summed E-state index contributed by atoms with van der Waals surface area (Å²) >= 11 is 2.86. The minimum Gasteiger partial charge on any atom is -0.313 e. The van der Waals surface area contributed by atoms with Crippen molar-refractivity contribution in [3.63, 3.8) is 0 Å². The predicted octanol–water partition coefficient (Wildman–Crippen LogP) is 1.77. The molecule has 0 saturated carbocycles. The van der Waals surface area contributed by atoms with E-state index in [-0.39, 0.29) is 10.5 Å². The van der Waals surface area contributed by atoms with E-state index in [0.717, 1.165) is 16.8 Å². The van der Waals surface area contributed by atoms with Crippen molar-refractivity contribution < 1.29 is 13.2 Å². The molecule has 0 aromatic carbocycles. The zero-order valence-electron chi connectivity index (χ0n) is 8.01. The van der Waals surface area contributed by atoms with Crippen LogP contribution in [0.15, 0.2) is 21.5 Å². The number of alkyl halides is 3. The van der Waals surface area contributed by atoms with Crippen LogP contribution in [0.5, 0.6) is 0 Å². The average molecular weight is 297 g/mol. The number of aromatic nitrogens is 1. The van der Waals surface area contributed by atoms with E-state index in [1.165, 1.54) is 0 Å². The van der Waals surface area contributed by atoms with Gasteiger partial charge in [0.1, 0.15) is 0 Å². The van der Waals surface area contributed by atoms with Crippen LogP contribution in [0, 0.1) is 0 Å². The number of rotatable bonds is 1. The molecular formula is C9H8BrF3N2O.